The monoisotopic (exact) mass is 294 g/mol. The van der Waals surface area contributed by atoms with Crippen molar-refractivity contribution in [3.63, 3.8) is 0 Å². The van der Waals surface area contributed by atoms with E-state index in [1.165, 1.54) is 12.8 Å². The van der Waals surface area contributed by atoms with Gasteiger partial charge in [0.15, 0.2) is 0 Å². The van der Waals surface area contributed by atoms with Gasteiger partial charge in [-0.1, -0.05) is 26.2 Å². The largest absolute Gasteiger partial charge is 0.361 e. The van der Waals surface area contributed by atoms with Gasteiger partial charge < -0.3 is 5.32 Å². The summed E-state index contributed by atoms with van der Waals surface area (Å²) >= 11 is 0. The molecule has 8 heteroatoms. The van der Waals surface area contributed by atoms with Gasteiger partial charge in [0.25, 0.3) is 0 Å². The summed E-state index contributed by atoms with van der Waals surface area (Å²) in [5.41, 5.74) is 2.57. The Kier molecular flexibility index (Phi) is 4.89. The summed E-state index contributed by atoms with van der Waals surface area (Å²) < 4.78 is 0. The molecule has 1 aliphatic carbocycles. The van der Waals surface area contributed by atoms with Gasteiger partial charge in [0.2, 0.25) is 11.8 Å². The highest BCUT2D eigenvalue weighted by atomic mass is 16.6. The third-order valence-electron chi connectivity index (χ3n) is 4.05. The molecule has 0 amide bonds. The molecule has 2 atom stereocenters. The predicted molar refractivity (Wildman–Crippen MR) is 80.9 cm³/mol. The molecule has 1 aromatic rings. The number of nitrogen functional groups attached to an aromatic ring is 1. The summed E-state index contributed by atoms with van der Waals surface area (Å²) in [4.78, 5) is 18.9. The summed E-state index contributed by atoms with van der Waals surface area (Å²) in [5, 5.41) is 14.5. The summed E-state index contributed by atoms with van der Waals surface area (Å²) in [5.74, 6) is 6.21. The molecule has 1 heterocycles. The summed E-state index contributed by atoms with van der Waals surface area (Å²) in [7, 11) is 0. The second kappa shape index (κ2) is 6.66. The first-order chi connectivity index (χ1) is 10.0. The lowest BCUT2D eigenvalue weighted by Gasteiger charge is -2.23. The van der Waals surface area contributed by atoms with Gasteiger partial charge >= 0.3 is 5.69 Å². The van der Waals surface area contributed by atoms with Crippen LogP contribution in [0.4, 0.5) is 17.5 Å². The van der Waals surface area contributed by atoms with Crippen LogP contribution in [0.5, 0.6) is 0 Å². The second-order valence-corrected chi connectivity index (χ2v) is 5.60. The minimum absolute atomic E-state index is 0.0783. The van der Waals surface area contributed by atoms with E-state index in [2.05, 4.69) is 27.6 Å². The zero-order valence-electron chi connectivity index (χ0n) is 12.4. The molecule has 1 saturated carbocycles. The molecule has 21 heavy (non-hydrogen) atoms. The lowest BCUT2D eigenvalue weighted by molar-refractivity contribution is -0.385. The minimum Gasteiger partial charge on any atom is -0.361 e. The number of hydrogen-bond acceptors (Lipinski definition) is 7. The molecule has 2 rings (SSSR count). The molecule has 0 saturated heterocycles. The molecule has 0 aliphatic heterocycles. The zero-order valence-corrected chi connectivity index (χ0v) is 12.4. The maximum atomic E-state index is 11.3. The molecule has 0 aromatic carbocycles. The highest BCUT2D eigenvalue weighted by Gasteiger charge is 2.27. The van der Waals surface area contributed by atoms with Crippen molar-refractivity contribution >= 4 is 17.5 Å². The maximum absolute atomic E-state index is 11.3. The van der Waals surface area contributed by atoms with E-state index in [9.17, 15) is 10.1 Å². The average Bonchev–Trinajstić information content (AvgIpc) is 2.63. The molecule has 0 bridgehead atoms. The first-order valence-electron chi connectivity index (χ1n) is 7.29. The van der Waals surface area contributed by atoms with Gasteiger partial charge in [-0.05, 0) is 25.7 Å². The Hall–Kier alpha value is -1.96. The highest BCUT2D eigenvalue weighted by Crippen LogP contribution is 2.31. The molecule has 1 aliphatic rings. The van der Waals surface area contributed by atoms with Crippen LogP contribution in [0.1, 0.15) is 44.7 Å². The van der Waals surface area contributed by atoms with Crippen molar-refractivity contribution in [2.75, 3.05) is 10.7 Å². The van der Waals surface area contributed by atoms with Crippen LogP contribution >= 0.6 is 0 Å². The third-order valence-corrected chi connectivity index (χ3v) is 4.05. The SMILES string of the molecule is Cc1nc(NN)nc(NC2CCCCCC2C)c1[N+](=O)[O-]. The number of nitrogens with one attached hydrogen (secondary N) is 2. The molecule has 2 unspecified atom stereocenters. The predicted octanol–water partition coefficient (Wildman–Crippen LogP) is 2.36. The Morgan fingerprint density at radius 3 is 2.67 bits per heavy atom. The van der Waals surface area contributed by atoms with Crippen LogP contribution in [0.2, 0.25) is 0 Å². The quantitative estimate of drug-likeness (QED) is 0.337. The van der Waals surface area contributed by atoms with E-state index in [1.807, 2.05) is 0 Å². The van der Waals surface area contributed by atoms with Crippen molar-refractivity contribution in [2.24, 2.45) is 11.8 Å². The standard InChI is InChI=1S/C13H22N6O2/c1-8-6-4-3-5-7-10(8)16-12-11(19(20)21)9(2)15-13(17-12)18-14/h8,10H,3-7,14H2,1-2H3,(H2,15,16,17,18). The number of nitrogens with two attached hydrogens (primary N) is 1. The van der Waals surface area contributed by atoms with E-state index >= 15 is 0 Å². The number of aromatic nitrogens is 2. The number of aryl methyl sites for hydroxylation is 1. The molecule has 0 spiro atoms. The normalized spacial score (nSPS) is 22.4. The highest BCUT2D eigenvalue weighted by molar-refractivity contribution is 5.61. The van der Waals surface area contributed by atoms with Crippen LogP contribution in [0.25, 0.3) is 0 Å². The fourth-order valence-corrected chi connectivity index (χ4v) is 2.83. The molecular weight excluding hydrogens is 272 g/mol. The lowest BCUT2D eigenvalue weighted by Crippen LogP contribution is -2.28. The van der Waals surface area contributed by atoms with Crippen molar-refractivity contribution in [2.45, 2.75) is 52.0 Å². The Morgan fingerprint density at radius 2 is 2.00 bits per heavy atom. The van der Waals surface area contributed by atoms with Crippen LogP contribution in [0, 0.1) is 23.0 Å². The molecule has 8 nitrogen and oxygen atoms in total. The Balaban J connectivity index is 2.32. The van der Waals surface area contributed by atoms with E-state index < -0.39 is 4.92 Å². The lowest BCUT2D eigenvalue weighted by atomic mass is 9.97. The maximum Gasteiger partial charge on any atom is 0.332 e. The van der Waals surface area contributed by atoms with Crippen molar-refractivity contribution in [1.82, 2.24) is 9.97 Å². The van der Waals surface area contributed by atoms with E-state index in [0.717, 1.165) is 19.3 Å². The smallest absolute Gasteiger partial charge is 0.332 e. The topological polar surface area (TPSA) is 119 Å². The molecular formula is C13H22N6O2. The van der Waals surface area contributed by atoms with E-state index in [1.54, 1.807) is 6.92 Å². The van der Waals surface area contributed by atoms with Gasteiger partial charge in [0.1, 0.15) is 5.69 Å². The fourth-order valence-electron chi connectivity index (χ4n) is 2.83. The van der Waals surface area contributed by atoms with E-state index in [4.69, 9.17) is 5.84 Å². The van der Waals surface area contributed by atoms with Crippen LogP contribution in [-0.2, 0) is 0 Å². The summed E-state index contributed by atoms with van der Waals surface area (Å²) in [6.45, 7) is 3.76. The molecule has 1 fully saturated rings. The molecule has 0 radical (unpaired) electrons. The Labute approximate surface area is 123 Å². The number of nitrogens with zero attached hydrogens (tertiary/aromatic N) is 3. The second-order valence-electron chi connectivity index (χ2n) is 5.60. The van der Waals surface area contributed by atoms with Crippen LogP contribution < -0.4 is 16.6 Å². The fraction of sp³-hybridized carbons (Fsp3) is 0.692. The summed E-state index contributed by atoms with van der Waals surface area (Å²) in [6, 6.07) is 0.186. The number of anilines is 2. The number of hydrogen-bond donors (Lipinski definition) is 3. The number of rotatable bonds is 4. The molecule has 116 valence electrons. The van der Waals surface area contributed by atoms with Gasteiger partial charge in [-0.15, -0.1) is 0 Å². The first kappa shape index (κ1) is 15.4. The van der Waals surface area contributed by atoms with Gasteiger partial charge in [0.05, 0.1) is 4.92 Å². The first-order valence-corrected chi connectivity index (χ1v) is 7.29. The molecule has 1 aromatic heterocycles. The zero-order chi connectivity index (χ0) is 15.4. The number of nitro groups is 1. The van der Waals surface area contributed by atoms with Crippen LogP contribution in [0.3, 0.4) is 0 Å². The van der Waals surface area contributed by atoms with Crippen molar-refractivity contribution in [3.05, 3.63) is 15.8 Å². The van der Waals surface area contributed by atoms with Crippen LogP contribution in [-0.4, -0.2) is 20.9 Å². The van der Waals surface area contributed by atoms with E-state index in [-0.39, 0.29) is 23.5 Å². The van der Waals surface area contributed by atoms with Crippen molar-refractivity contribution in [1.29, 1.82) is 0 Å². The van der Waals surface area contributed by atoms with Crippen LogP contribution in [0.15, 0.2) is 0 Å². The van der Waals surface area contributed by atoms with Gasteiger partial charge in [-0.25, -0.2) is 10.8 Å². The minimum atomic E-state index is -0.445. The van der Waals surface area contributed by atoms with Crippen molar-refractivity contribution < 1.29 is 4.92 Å². The summed E-state index contributed by atoms with van der Waals surface area (Å²) in [6.07, 6.45) is 5.66. The number of hydrazine groups is 1. The van der Waals surface area contributed by atoms with Gasteiger partial charge in [-0.2, -0.15) is 4.98 Å². The Morgan fingerprint density at radius 1 is 1.29 bits per heavy atom. The van der Waals surface area contributed by atoms with Gasteiger partial charge in [0, 0.05) is 6.04 Å². The third kappa shape index (κ3) is 3.57. The van der Waals surface area contributed by atoms with E-state index in [0.29, 0.717) is 11.6 Å². The molecule has 4 N–H and O–H groups in total. The van der Waals surface area contributed by atoms with Gasteiger partial charge in [-0.3, -0.25) is 15.5 Å². The van der Waals surface area contributed by atoms with Crippen molar-refractivity contribution in [3.8, 4) is 0 Å². The average molecular weight is 294 g/mol. The Bertz CT molecular complexity index is 522.